The van der Waals surface area contributed by atoms with Gasteiger partial charge in [-0.1, -0.05) is 0 Å². The van der Waals surface area contributed by atoms with Gasteiger partial charge in [0.2, 0.25) is 0 Å². The van der Waals surface area contributed by atoms with E-state index in [2.05, 4.69) is 4.90 Å². The molecular weight excluding hydrogens is 455 g/mol. The van der Waals surface area contributed by atoms with Crippen molar-refractivity contribution in [2.24, 2.45) is 0 Å². The van der Waals surface area contributed by atoms with Gasteiger partial charge >= 0.3 is 0 Å². The molecule has 0 aromatic heterocycles. The molecule has 0 bridgehead atoms. The van der Waals surface area contributed by atoms with Gasteiger partial charge in [-0.15, -0.1) is 0 Å². The van der Waals surface area contributed by atoms with Gasteiger partial charge < -0.3 is 9.64 Å². The lowest BCUT2D eigenvalue weighted by molar-refractivity contribution is 0.201. The molecule has 2 aliphatic rings. The summed E-state index contributed by atoms with van der Waals surface area (Å²) < 4.78 is 70.4. The van der Waals surface area contributed by atoms with Crippen LogP contribution >= 0.6 is 0 Å². The van der Waals surface area contributed by atoms with Gasteiger partial charge in [0.15, 0.2) is 19.7 Å². The highest BCUT2D eigenvalue weighted by molar-refractivity contribution is 7.96. The first kappa shape index (κ1) is 23.0. The first-order valence-electron chi connectivity index (χ1n) is 10.4. The number of piperazine rings is 1. The SMILES string of the molecule is COc1ccc(S(=O)(=O)[C@H]2CS(=O)(=O)C[C@@H]2N2CCN(c3ccc(F)cc3)CC2)cc1C. The number of hydrogen-bond donors (Lipinski definition) is 0. The van der Waals surface area contributed by atoms with Crippen LogP contribution in [-0.4, -0.2) is 77.8 Å². The minimum atomic E-state index is -3.86. The molecule has 0 spiro atoms. The molecule has 2 atom stereocenters. The lowest BCUT2D eigenvalue weighted by Gasteiger charge is -2.40. The van der Waals surface area contributed by atoms with Gasteiger partial charge in [-0.2, -0.15) is 0 Å². The standard InChI is InChI=1S/C22H27FN2O5S2/c1-16-13-19(7-8-21(16)30-2)32(28,29)22-15-31(26,27)14-20(22)25-11-9-24(10-12-25)18-5-3-17(23)4-6-18/h3-8,13,20,22H,9-12,14-15H2,1-2H3/t20-,22-/m0/s1. The minimum Gasteiger partial charge on any atom is -0.496 e. The van der Waals surface area contributed by atoms with Crippen LogP contribution in [0.5, 0.6) is 5.75 Å². The number of methoxy groups -OCH3 is 1. The second kappa shape index (κ2) is 8.64. The number of ether oxygens (including phenoxy) is 1. The third-order valence-electron chi connectivity index (χ3n) is 6.34. The molecule has 174 valence electrons. The number of rotatable bonds is 5. The third-order valence-corrected chi connectivity index (χ3v) is 10.5. The van der Waals surface area contributed by atoms with E-state index in [9.17, 15) is 21.2 Å². The van der Waals surface area contributed by atoms with E-state index in [0.29, 0.717) is 37.5 Å². The normalized spacial score (nSPS) is 23.9. The zero-order valence-electron chi connectivity index (χ0n) is 18.1. The second-order valence-corrected chi connectivity index (χ2v) is 12.7. The largest absolute Gasteiger partial charge is 0.496 e. The van der Waals surface area contributed by atoms with E-state index in [0.717, 1.165) is 5.69 Å². The summed E-state index contributed by atoms with van der Waals surface area (Å²) in [5.74, 6) is -0.256. The Morgan fingerprint density at radius 2 is 1.66 bits per heavy atom. The average Bonchev–Trinajstić information content (AvgIpc) is 3.10. The maximum Gasteiger partial charge on any atom is 0.183 e. The van der Waals surface area contributed by atoms with Crippen molar-refractivity contribution in [1.82, 2.24) is 4.90 Å². The molecule has 0 radical (unpaired) electrons. The van der Waals surface area contributed by atoms with Crippen molar-refractivity contribution in [3.8, 4) is 5.75 Å². The highest BCUT2D eigenvalue weighted by atomic mass is 32.2. The monoisotopic (exact) mass is 482 g/mol. The number of halogens is 1. The average molecular weight is 483 g/mol. The van der Waals surface area contributed by atoms with Gasteiger partial charge in [-0.05, 0) is 55.0 Å². The Labute approximate surface area is 188 Å². The molecule has 0 unspecified atom stereocenters. The van der Waals surface area contributed by atoms with E-state index >= 15 is 0 Å². The van der Waals surface area contributed by atoms with Crippen molar-refractivity contribution >= 4 is 25.4 Å². The molecule has 2 heterocycles. The first-order chi connectivity index (χ1) is 15.1. The summed E-state index contributed by atoms with van der Waals surface area (Å²) in [6, 6.07) is 10.3. The van der Waals surface area contributed by atoms with Crippen molar-refractivity contribution in [1.29, 1.82) is 0 Å². The van der Waals surface area contributed by atoms with E-state index in [1.54, 1.807) is 31.2 Å². The summed E-state index contributed by atoms with van der Waals surface area (Å²) in [6.45, 7) is 4.04. The van der Waals surface area contributed by atoms with Gasteiger partial charge in [-0.3, -0.25) is 4.90 Å². The Balaban J connectivity index is 1.55. The van der Waals surface area contributed by atoms with Crippen LogP contribution in [0.4, 0.5) is 10.1 Å². The number of benzene rings is 2. The van der Waals surface area contributed by atoms with Gasteiger partial charge in [0.25, 0.3) is 0 Å². The summed E-state index contributed by atoms with van der Waals surface area (Å²) in [5, 5.41) is -1.02. The van der Waals surface area contributed by atoms with Crippen LogP contribution < -0.4 is 9.64 Å². The third kappa shape index (κ3) is 4.49. The van der Waals surface area contributed by atoms with Crippen LogP contribution in [0, 0.1) is 12.7 Å². The van der Waals surface area contributed by atoms with Crippen molar-refractivity contribution in [3.05, 3.63) is 53.8 Å². The topological polar surface area (TPSA) is 84.0 Å². The Bertz CT molecular complexity index is 1190. The summed E-state index contributed by atoms with van der Waals surface area (Å²) >= 11 is 0. The lowest BCUT2D eigenvalue weighted by Crippen LogP contribution is -2.55. The van der Waals surface area contributed by atoms with Crippen LogP contribution in [0.3, 0.4) is 0 Å². The molecule has 2 saturated heterocycles. The quantitative estimate of drug-likeness (QED) is 0.644. The van der Waals surface area contributed by atoms with E-state index in [1.807, 2.05) is 4.90 Å². The Morgan fingerprint density at radius 3 is 2.25 bits per heavy atom. The molecule has 10 heteroatoms. The number of aryl methyl sites for hydroxylation is 1. The smallest absolute Gasteiger partial charge is 0.183 e. The van der Waals surface area contributed by atoms with Crippen molar-refractivity contribution in [2.45, 2.75) is 23.1 Å². The van der Waals surface area contributed by atoms with Crippen LogP contribution in [0.25, 0.3) is 0 Å². The highest BCUT2D eigenvalue weighted by Crippen LogP contribution is 2.32. The van der Waals surface area contributed by atoms with E-state index in [1.165, 1.54) is 25.3 Å². The summed E-state index contributed by atoms with van der Waals surface area (Å²) in [7, 11) is -5.82. The Hall–Kier alpha value is -2.17. The van der Waals surface area contributed by atoms with Crippen molar-refractivity contribution in [2.75, 3.05) is 49.7 Å². The fourth-order valence-corrected chi connectivity index (χ4v) is 9.51. The number of anilines is 1. The molecule has 7 nitrogen and oxygen atoms in total. The number of sulfone groups is 2. The molecule has 0 aliphatic carbocycles. The maximum atomic E-state index is 13.5. The van der Waals surface area contributed by atoms with E-state index < -0.39 is 31.0 Å². The summed E-state index contributed by atoms with van der Waals surface area (Å²) in [6.07, 6.45) is 0. The molecule has 0 amide bonds. The summed E-state index contributed by atoms with van der Waals surface area (Å²) in [4.78, 5) is 4.19. The Morgan fingerprint density at radius 1 is 1.00 bits per heavy atom. The molecule has 0 N–H and O–H groups in total. The molecule has 2 aliphatic heterocycles. The van der Waals surface area contributed by atoms with Crippen molar-refractivity contribution in [3.63, 3.8) is 0 Å². The molecule has 2 aromatic rings. The molecule has 2 aromatic carbocycles. The molecular formula is C22H27FN2O5S2. The van der Waals surface area contributed by atoms with Crippen LogP contribution in [0.2, 0.25) is 0 Å². The minimum absolute atomic E-state index is 0.118. The zero-order valence-corrected chi connectivity index (χ0v) is 19.7. The second-order valence-electron chi connectivity index (χ2n) is 8.36. The van der Waals surface area contributed by atoms with E-state index in [-0.39, 0.29) is 22.2 Å². The summed E-state index contributed by atoms with van der Waals surface area (Å²) in [5.41, 5.74) is 1.57. The molecule has 2 fully saturated rings. The van der Waals surface area contributed by atoms with Crippen LogP contribution in [-0.2, 0) is 19.7 Å². The van der Waals surface area contributed by atoms with E-state index in [4.69, 9.17) is 4.74 Å². The van der Waals surface area contributed by atoms with Gasteiger partial charge in [0, 0.05) is 37.9 Å². The molecule has 32 heavy (non-hydrogen) atoms. The number of hydrogen-bond acceptors (Lipinski definition) is 7. The highest BCUT2D eigenvalue weighted by Gasteiger charge is 2.48. The predicted molar refractivity (Wildman–Crippen MR) is 121 cm³/mol. The van der Waals surface area contributed by atoms with Gasteiger partial charge in [-0.25, -0.2) is 21.2 Å². The predicted octanol–water partition coefficient (Wildman–Crippen LogP) is 1.90. The maximum absolute atomic E-state index is 13.5. The Kier molecular flexibility index (Phi) is 6.21. The molecule has 0 saturated carbocycles. The first-order valence-corrected chi connectivity index (χ1v) is 13.8. The number of nitrogens with zero attached hydrogens (tertiary/aromatic N) is 2. The van der Waals surface area contributed by atoms with Crippen LogP contribution in [0.1, 0.15) is 5.56 Å². The fourth-order valence-electron chi connectivity index (χ4n) is 4.60. The van der Waals surface area contributed by atoms with Gasteiger partial charge in [0.1, 0.15) is 11.6 Å². The zero-order chi connectivity index (χ0) is 23.1. The molecule has 4 rings (SSSR count). The van der Waals surface area contributed by atoms with Gasteiger partial charge in [0.05, 0.1) is 28.8 Å². The lowest BCUT2D eigenvalue weighted by atomic mass is 10.1. The fraction of sp³-hybridized carbons (Fsp3) is 0.455. The van der Waals surface area contributed by atoms with Crippen LogP contribution in [0.15, 0.2) is 47.4 Å². The van der Waals surface area contributed by atoms with Crippen molar-refractivity contribution < 1.29 is 26.0 Å².